The fourth-order valence-electron chi connectivity index (χ4n) is 3.30. The Morgan fingerprint density at radius 1 is 1.48 bits per heavy atom. The number of hydrogen-bond acceptors (Lipinski definition) is 5. The second kappa shape index (κ2) is 3.89. The van der Waals surface area contributed by atoms with Gasteiger partial charge in [0.25, 0.3) is 5.78 Å². The van der Waals surface area contributed by atoms with Crippen LogP contribution >= 0.6 is 23.6 Å². The first-order valence-electron chi connectivity index (χ1n) is 6.97. The molecule has 4 aromatic rings. The summed E-state index contributed by atoms with van der Waals surface area (Å²) in [7, 11) is 0. The summed E-state index contributed by atoms with van der Waals surface area (Å²) in [5.41, 5.74) is 2.31. The van der Waals surface area contributed by atoms with Gasteiger partial charge in [0, 0.05) is 4.88 Å². The molecule has 1 aliphatic rings. The number of rotatable bonds is 0. The van der Waals surface area contributed by atoms with Crippen molar-refractivity contribution in [1.82, 2.24) is 29.2 Å². The van der Waals surface area contributed by atoms with E-state index in [2.05, 4.69) is 27.2 Å². The van der Waals surface area contributed by atoms with Crippen LogP contribution in [-0.4, -0.2) is 29.2 Å². The van der Waals surface area contributed by atoms with Crippen LogP contribution in [0.1, 0.15) is 23.8 Å². The maximum Gasteiger partial charge on any atom is 0.257 e. The summed E-state index contributed by atoms with van der Waals surface area (Å²) in [4.78, 5) is 7.07. The minimum Gasteiger partial charge on any atom is -0.249 e. The summed E-state index contributed by atoms with van der Waals surface area (Å²) in [6.07, 6.45) is 5.06. The molecule has 6 nitrogen and oxygen atoms in total. The first-order valence-corrected chi connectivity index (χ1v) is 8.19. The second-order valence-corrected chi connectivity index (χ2v) is 7.16. The molecule has 0 aliphatic heterocycles. The van der Waals surface area contributed by atoms with Crippen molar-refractivity contribution >= 4 is 45.2 Å². The molecule has 0 radical (unpaired) electrons. The number of nitrogens with one attached hydrogen (secondary N) is 1. The summed E-state index contributed by atoms with van der Waals surface area (Å²) < 4.78 is 4.37. The lowest BCUT2D eigenvalue weighted by Gasteiger charge is -2.17. The minimum absolute atomic E-state index is 0.610. The molecule has 106 valence electrons. The Kier molecular flexibility index (Phi) is 2.19. The molecule has 21 heavy (non-hydrogen) atoms. The fourth-order valence-corrected chi connectivity index (χ4v) is 5.08. The third-order valence-corrected chi connectivity index (χ3v) is 5.83. The predicted molar refractivity (Wildman–Crippen MR) is 83.5 cm³/mol. The largest absolute Gasteiger partial charge is 0.257 e. The van der Waals surface area contributed by atoms with Gasteiger partial charge in [0.2, 0.25) is 4.77 Å². The Balaban J connectivity index is 2.09. The molecule has 0 bridgehead atoms. The van der Waals surface area contributed by atoms with E-state index in [-0.39, 0.29) is 0 Å². The summed E-state index contributed by atoms with van der Waals surface area (Å²) in [6, 6.07) is 0. The number of aryl methyl sites for hydroxylation is 1. The van der Waals surface area contributed by atoms with E-state index in [0.29, 0.717) is 10.5 Å². The van der Waals surface area contributed by atoms with Crippen LogP contribution in [0.15, 0.2) is 6.33 Å². The molecule has 5 rings (SSSR count). The number of aromatic nitrogens is 6. The van der Waals surface area contributed by atoms with Gasteiger partial charge in [-0.05, 0) is 43.0 Å². The molecular weight excluding hydrogens is 304 g/mol. The highest BCUT2D eigenvalue weighted by Crippen LogP contribution is 2.39. The smallest absolute Gasteiger partial charge is 0.249 e. The van der Waals surface area contributed by atoms with E-state index < -0.39 is 0 Å². The molecule has 0 saturated carbocycles. The van der Waals surface area contributed by atoms with Gasteiger partial charge in [-0.2, -0.15) is 9.61 Å². The lowest BCUT2D eigenvalue weighted by atomic mass is 9.89. The zero-order valence-electron chi connectivity index (χ0n) is 11.3. The molecule has 8 heteroatoms. The van der Waals surface area contributed by atoms with Gasteiger partial charge in [0.1, 0.15) is 11.2 Å². The van der Waals surface area contributed by atoms with Crippen molar-refractivity contribution in [3.8, 4) is 0 Å². The predicted octanol–water partition coefficient (Wildman–Crippen LogP) is 2.77. The molecule has 4 heterocycles. The first kappa shape index (κ1) is 11.8. The number of aromatic amines is 1. The summed E-state index contributed by atoms with van der Waals surface area (Å²) in [5, 5.41) is 12.7. The summed E-state index contributed by atoms with van der Waals surface area (Å²) in [5.74, 6) is 1.44. The van der Waals surface area contributed by atoms with Crippen LogP contribution in [0.25, 0.3) is 21.6 Å². The summed E-state index contributed by atoms with van der Waals surface area (Å²) >= 11 is 7.23. The number of hydrogen-bond donors (Lipinski definition) is 1. The Hall–Kier alpha value is -1.80. The van der Waals surface area contributed by atoms with Gasteiger partial charge >= 0.3 is 0 Å². The highest BCUT2D eigenvalue weighted by atomic mass is 32.1. The van der Waals surface area contributed by atoms with Gasteiger partial charge in [-0.1, -0.05) is 6.92 Å². The van der Waals surface area contributed by atoms with Crippen molar-refractivity contribution in [3.63, 3.8) is 0 Å². The molecule has 0 amide bonds. The summed E-state index contributed by atoms with van der Waals surface area (Å²) in [6.45, 7) is 2.32. The molecule has 1 aliphatic carbocycles. The van der Waals surface area contributed by atoms with E-state index in [9.17, 15) is 0 Å². The lowest BCUT2D eigenvalue weighted by molar-refractivity contribution is 0.509. The third kappa shape index (κ3) is 1.41. The molecular formula is C13H12N6S2. The van der Waals surface area contributed by atoms with Crippen molar-refractivity contribution < 1.29 is 0 Å². The maximum atomic E-state index is 5.41. The van der Waals surface area contributed by atoms with Crippen molar-refractivity contribution in [2.75, 3.05) is 0 Å². The Bertz CT molecular complexity index is 1070. The standard InChI is InChI=1S/C13H12N6S2/c1-6-2-3-7-8(4-6)21-11-9(7)10-14-5-15-19(10)12-16-17-13(20)18(11)12/h5-6H,2-4H2,1H3,(H,17,20)/t6-/m0/s1. The average Bonchev–Trinajstić information content (AvgIpc) is 3.13. The second-order valence-electron chi connectivity index (χ2n) is 5.69. The van der Waals surface area contributed by atoms with Crippen LogP contribution in [-0.2, 0) is 12.8 Å². The van der Waals surface area contributed by atoms with Crippen LogP contribution in [0, 0.1) is 10.7 Å². The van der Waals surface area contributed by atoms with Crippen molar-refractivity contribution in [2.24, 2.45) is 5.92 Å². The number of nitrogens with zero attached hydrogens (tertiary/aromatic N) is 5. The fraction of sp³-hybridized carbons (Fsp3) is 0.385. The zero-order chi connectivity index (χ0) is 14.1. The van der Waals surface area contributed by atoms with Crippen molar-refractivity contribution in [2.45, 2.75) is 26.2 Å². The van der Waals surface area contributed by atoms with Gasteiger partial charge in [0.15, 0.2) is 5.65 Å². The third-order valence-electron chi connectivity index (χ3n) is 4.31. The lowest BCUT2D eigenvalue weighted by Crippen LogP contribution is -2.08. The highest BCUT2D eigenvalue weighted by molar-refractivity contribution is 7.71. The molecule has 0 spiro atoms. The van der Waals surface area contributed by atoms with Crippen LogP contribution in [0.4, 0.5) is 0 Å². The number of thiophene rings is 1. The van der Waals surface area contributed by atoms with Crippen LogP contribution in [0.2, 0.25) is 0 Å². The normalized spacial score (nSPS) is 18.8. The molecule has 0 aromatic carbocycles. The monoisotopic (exact) mass is 316 g/mol. The van der Waals surface area contributed by atoms with Crippen LogP contribution in [0.5, 0.6) is 0 Å². The van der Waals surface area contributed by atoms with E-state index in [1.165, 1.54) is 22.2 Å². The zero-order valence-corrected chi connectivity index (χ0v) is 13.0. The van der Waals surface area contributed by atoms with E-state index in [4.69, 9.17) is 12.2 Å². The SMILES string of the molecule is C[C@H]1CCc2c(sc3c2c2ncnn2c2n[nH]c(=S)n32)C1. The number of fused-ring (bicyclic) bond motifs is 8. The number of H-pyrrole nitrogens is 1. The molecule has 4 aromatic heterocycles. The Labute approximate surface area is 128 Å². The van der Waals surface area contributed by atoms with E-state index in [1.54, 1.807) is 10.8 Å². The van der Waals surface area contributed by atoms with Crippen molar-refractivity contribution in [3.05, 3.63) is 21.5 Å². The molecule has 0 fully saturated rings. The van der Waals surface area contributed by atoms with E-state index >= 15 is 0 Å². The molecule has 1 atom stereocenters. The van der Waals surface area contributed by atoms with E-state index in [1.807, 2.05) is 15.7 Å². The van der Waals surface area contributed by atoms with Gasteiger partial charge < -0.3 is 0 Å². The topological polar surface area (TPSA) is 63.3 Å². The Morgan fingerprint density at radius 2 is 2.38 bits per heavy atom. The Morgan fingerprint density at radius 3 is 3.29 bits per heavy atom. The first-order chi connectivity index (χ1) is 10.2. The minimum atomic E-state index is 0.610. The molecule has 0 saturated heterocycles. The maximum absolute atomic E-state index is 5.41. The van der Waals surface area contributed by atoms with Gasteiger partial charge in [-0.25, -0.2) is 14.5 Å². The van der Waals surface area contributed by atoms with Crippen LogP contribution < -0.4 is 0 Å². The quantitative estimate of drug-likeness (QED) is 0.507. The van der Waals surface area contributed by atoms with E-state index in [0.717, 1.165) is 29.2 Å². The molecule has 0 unspecified atom stereocenters. The van der Waals surface area contributed by atoms with Crippen LogP contribution in [0.3, 0.4) is 0 Å². The highest BCUT2D eigenvalue weighted by Gasteiger charge is 2.25. The van der Waals surface area contributed by atoms with Crippen molar-refractivity contribution in [1.29, 1.82) is 0 Å². The van der Waals surface area contributed by atoms with Gasteiger partial charge in [0.05, 0.1) is 5.39 Å². The average molecular weight is 316 g/mol. The van der Waals surface area contributed by atoms with Gasteiger partial charge in [-0.3, -0.25) is 0 Å². The molecule has 1 N–H and O–H groups in total. The van der Waals surface area contributed by atoms with Gasteiger partial charge in [-0.15, -0.1) is 16.4 Å².